The number of nitrogens with zero attached hydrogens (tertiary/aromatic N) is 4. The van der Waals surface area contributed by atoms with E-state index in [0.717, 1.165) is 13.0 Å². The Kier molecular flexibility index (Phi) is 4.30. The summed E-state index contributed by atoms with van der Waals surface area (Å²) in [5.74, 6) is 1.98. The van der Waals surface area contributed by atoms with Gasteiger partial charge in [0.25, 0.3) is 0 Å². The molecule has 0 aromatic carbocycles. The molecule has 1 heterocycles. The summed E-state index contributed by atoms with van der Waals surface area (Å²) < 4.78 is 0. The van der Waals surface area contributed by atoms with Gasteiger partial charge < -0.3 is 15.5 Å². The zero-order chi connectivity index (χ0) is 14.8. The Morgan fingerprint density at radius 3 is 2.45 bits per heavy atom. The van der Waals surface area contributed by atoms with Crippen LogP contribution in [0.5, 0.6) is 0 Å². The van der Waals surface area contributed by atoms with Crippen LogP contribution in [-0.4, -0.2) is 41.6 Å². The lowest BCUT2D eigenvalue weighted by Crippen LogP contribution is -2.22. The minimum absolute atomic E-state index is 0.416. The largest absolute Gasteiger partial charge is 0.354 e. The Morgan fingerprint density at radius 1 is 1.20 bits per heavy atom. The van der Waals surface area contributed by atoms with Crippen molar-refractivity contribution in [1.82, 2.24) is 15.0 Å². The first-order valence-electron chi connectivity index (χ1n) is 7.33. The summed E-state index contributed by atoms with van der Waals surface area (Å²) >= 11 is 0. The van der Waals surface area contributed by atoms with Gasteiger partial charge in [0.1, 0.15) is 0 Å². The van der Waals surface area contributed by atoms with Crippen molar-refractivity contribution in [2.45, 2.75) is 46.1 Å². The third-order valence-corrected chi connectivity index (χ3v) is 3.66. The zero-order valence-corrected chi connectivity index (χ0v) is 13.2. The van der Waals surface area contributed by atoms with Gasteiger partial charge in [-0.3, -0.25) is 0 Å². The molecular formula is C14H26N6. The first kappa shape index (κ1) is 14.8. The number of anilines is 3. The highest BCUT2D eigenvalue weighted by Gasteiger charge is 2.31. The molecule has 6 heteroatoms. The van der Waals surface area contributed by atoms with Crippen LogP contribution in [0.4, 0.5) is 17.8 Å². The van der Waals surface area contributed by atoms with E-state index >= 15 is 0 Å². The van der Waals surface area contributed by atoms with Crippen LogP contribution < -0.4 is 15.5 Å². The fourth-order valence-electron chi connectivity index (χ4n) is 2.61. The van der Waals surface area contributed by atoms with E-state index in [0.29, 0.717) is 29.3 Å². The number of hydrogen-bond acceptors (Lipinski definition) is 6. The van der Waals surface area contributed by atoms with E-state index < -0.39 is 0 Å². The molecule has 2 N–H and O–H groups in total. The third kappa shape index (κ3) is 3.71. The van der Waals surface area contributed by atoms with Gasteiger partial charge in [-0.05, 0) is 31.6 Å². The average Bonchev–Trinajstić information content (AvgIpc) is 2.68. The van der Waals surface area contributed by atoms with Crippen molar-refractivity contribution in [3.8, 4) is 0 Å². The molecular weight excluding hydrogens is 252 g/mol. The van der Waals surface area contributed by atoms with Crippen LogP contribution in [0.3, 0.4) is 0 Å². The van der Waals surface area contributed by atoms with Crippen molar-refractivity contribution >= 4 is 17.8 Å². The summed E-state index contributed by atoms with van der Waals surface area (Å²) in [6.45, 7) is 7.47. The van der Waals surface area contributed by atoms with E-state index in [1.54, 1.807) is 0 Å². The molecule has 1 aromatic heterocycles. The predicted molar refractivity (Wildman–Crippen MR) is 83.4 cm³/mol. The van der Waals surface area contributed by atoms with Crippen molar-refractivity contribution in [3.05, 3.63) is 0 Å². The summed E-state index contributed by atoms with van der Waals surface area (Å²) in [6.07, 6.45) is 3.58. The quantitative estimate of drug-likeness (QED) is 0.862. The maximum Gasteiger partial charge on any atom is 0.231 e. The molecule has 112 valence electrons. The molecule has 1 unspecified atom stereocenters. The van der Waals surface area contributed by atoms with Crippen molar-refractivity contribution in [2.24, 2.45) is 5.41 Å². The predicted octanol–water partition coefficient (Wildman–Crippen LogP) is 2.36. The van der Waals surface area contributed by atoms with E-state index in [9.17, 15) is 0 Å². The maximum absolute atomic E-state index is 4.48. The van der Waals surface area contributed by atoms with Gasteiger partial charge in [0.2, 0.25) is 17.8 Å². The zero-order valence-electron chi connectivity index (χ0n) is 13.2. The lowest BCUT2D eigenvalue weighted by atomic mass is 9.92. The highest BCUT2D eigenvalue weighted by molar-refractivity contribution is 5.43. The highest BCUT2D eigenvalue weighted by atomic mass is 15.3. The summed E-state index contributed by atoms with van der Waals surface area (Å²) in [4.78, 5) is 15.2. The summed E-state index contributed by atoms with van der Waals surface area (Å²) in [5.41, 5.74) is 0.416. The second kappa shape index (κ2) is 5.81. The Morgan fingerprint density at radius 2 is 1.90 bits per heavy atom. The van der Waals surface area contributed by atoms with Crippen LogP contribution in [0.15, 0.2) is 0 Å². The molecule has 1 aliphatic rings. The molecule has 0 spiro atoms. The topological polar surface area (TPSA) is 66.0 Å². The smallest absolute Gasteiger partial charge is 0.231 e. The van der Waals surface area contributed by atoms with E-state index in [4.69, 9.17) is 0 Å². The summed E-state index contributed by atoms with van der Waals surface area (Å²) in [5, 5.41) is 6.62. The van der Waals surface area contributed by atoms with E-state index in [1.807, 2.05) is 25.9 Å². The minimum atomic E-state index is 0.416. The molecule has 0 radical (unpaired) electrons. The normalized spacial score (nSPS) is 20.8. The van der Waals surface area contributed by atoms with Gasteiger partial charge in [0, 0.05) is 26.7 Å². The first-order valence-corrected chi connectivity index (χ1v) is 7.33. The van der Waals surface area contributed by atoms with E-state index in [2.05, 4.69) is 39.4 Å². The van der Waals surface area contributed by atoms with Gasteiger partial charge in [-0.25, -0.2) is 0 Å². The molecule has 1 aromatic rings. The number of rotatable bonds is 5. The summed E-state index contributed by atoms with van der Waals surface area (Å²) in [7, 11) is 3.88. The van der Waals surface area contributed by atoms with Crippen LogP contribution >= 0.6 is 0 Å². The van der Waals surface area contributed by atoms with E-state index in [1.165, 1.54) is 12.8 Å². The molecule has 20 heavy (non-hydrogen) atoms. The van der Waals surface area contributed by atoms with Gasteiger partial charge in [-0.2, -0.15) is 15.0 Å². The van der Waals surface area contributed by atoms with Crippen LogP contribution in [0, 0.1) is 5.41 Å². The third-order valence-electron chi connectivity index (χ3n) is 3.66. The molecule has 1 atom stereocenters. The van der Waals surface area contributed by atoms with Crippen LogP contribution in [0.1, 0.15) is 40.0 Å². The molecule has 1 aliphatic carbocycles. The monoisotopic (exact) mass is 278 g/mol. The van der Waals surface area contributed by atoms with Gasteiger partial charge in [0.15, 0.2) is 0 Å². The van der Waals surface area contributed by atoms with Crippen molar-refractivity contribution in [1.29, 1.82) is 0 Å². The maximum atomic E-state index is 4.48. The second-order valence-corrected chi connectivity index (χ2v) is 6.46. The van der Waals surface area contributed by atoms with E-state index in [-0.39, 0.29) is 0 Å². The van der Waals surface area contributed by atoms with Crippen LogP contribution in [0.25, 0.3) is 0 Å². The fourth-order valence-corrected chi connectivity index (χ4v) is 2.61. The number of nitrogens with one attached hydrogen (secondary N) is 2. The lowest BCUT2D eigenvalue weighted by molar-refractivity contribution is 0.378. The van der Waals surface area contributed by atoms with Crippen molar-refractivity contribution in [3.63, 3.8) is 0 Å². The van der Waals surface area contributed by atoms with Crippen molar-refractivity contribution < 1.29 is 0 Å². The van der Waals surface area contributed by atoms with Crippen molar-refractivity contribution in [2.75, 3.05) is 36.2 Å². The minimum Gasteiger partial charge on any atom is -0.354 e. The molecule has 0 aliphatic heterocycles. The lowest BCUT2D eigenvalue weighted by Gasteiger charge is -2.19. The van der Waals surface area contributed by atoms with Gasteiger partial charge in [-0.15, -0.1) is 0 Å². The fraction of sp³-hybridized carbons (Fsp3) is 0.786. The molecule has 0 saturated heterocycles. The summed E-state index contributed by atoms with van der Waals surface area (Å²) in [6, 6.07) is 0.455. The van der Waals surface area contributed by atoms with Gasteiger partial charge in [0.05, 0.1) is 0 Å². The number of hydrogen-bond donors (Lipinski definition) is 2. The molecule has 0 bridgehead atoms. The molecule has 1 fully saturated rings. The van der Waals surface area contributed by atoms with Gasteiger partial charge in [-0.1, -0.05) is 13.8 Å². The Bertz CT molecular complexity index is 457. The SMILES string of the molecule is CCNc1nc(NC2CCC(C)(C)C2)nc(N(C)C)n1. The molecule has 0 amide bonds. The number of aromatic nitrogens is 3. The Hall–Kier alpha value is -1.59. The molecule has 1 saturated carbocycles. The second-order valence-electron chi connectivity index (χ2n) is 6.46. The standard InChI is InChI=1S/C14H26N6/c1-6-15-11-17-12(19-13(18-11)20(4)5)16-10-7-8-14(2,3)9-10/h10H,6-9H2,1-5H3,(H2,15,16,17,18,19). The first-order chi connectivity index (χ1) is 9.39. The highest BCUT2D eigenvalue weighted by Crippen LogP contribution is 2.38. The van der Waals surface area contributed by atoms with Gasteiger partial charge >= 0.3 is 0 Å². The average molecular weight is 278 g/mol. The molecule has 2 rings (SSSR count). The Labute approximate surface area is 121 Å². The Balaban J connectivity index is 2.14. The van der Waals surface area contributed by atoms with Crippen LogP contribution in [-0.2, 0) is 0 Å². The van der Waals surface area contributed by atoms with Crippen LogP contribution in [0.2, 0.25) is 0 Å². The molecule has 6 nitrogen and oxygen atoms in total.